The summed E-state index contributed by atoms with van der Waals surface area (Å²) < 4.78 is 5.61. The number of aliphatic hydroxyl groups is 1. The second-order valence-corrected chi connectivity index (χ2v) is 6.38. The van der Waals surface area contributed by atoms with E-state index in [9.17, 15) is 9.90 Å². The van der Waals surface area contributed by atoms with E-state index >= 15 is 0 Å². The first-order valence-electron chi connectivity index (χ1n) is 7.68. The maximum Gasteiger partial charge on any atom is 0.224 e. The van der Waals surface area contributed by atoms with E-state index in [-0.39, 0.29) is 5.91 Å². The molecule has 1 aliphatic rings. The second kappa shape index (κ2) is 6.94. The number of carbonyl (C=O) groups is 1. The Morgan fingerprint density at radius 3 is 2.52 bits per heavy atom. The monoisotopic (exact) mass is 291 g/mol. The Kier molecular flexibility index (Phi) is 5.23. The summed E-state index contributed by atoms with van der Waals surface area (Å²) >= 11 is 0. The maximum atomic E-state index is 11.8. The van der Waals surface area contributed by atoms with Crippen LogP contribution in [0.15, 0.2) is 24.3 Å². The summed E-state index contributed by atoms with van der Waals surface area (Å²) in [6.45, 7) is 5.27. The fraction of sp³-hybridized carbons (Fsp3) is 0.588. The van der Waals surface area contributed by atoms with Crippen LogP contribution in [0.5, 0.6) is 5.75 Å². The van der Waals surface area contributed by atoms with Gasteiger partial charge in [-0.25, -0.2) is 0 Å². The lowest BCUT2D eigenvalue weighted by Crippen LogP contribution is -2.48. The molecule has 2 rings (SSSR count). The molecule has 1 aromatic carbocycles. The molecule has 0 atom stereocenters. The van der Waals surface area contributed by atoms with Gasteiger partial charge in [0.2, 0.25) is 5.91 Å². The summed E-state index contributed by atoms with van der Waals surface area (Å²) in [5.41, 5.74) is 0.287. The van der Waals surface area contributed by atoms with Crippen molar-refractivity contribution in [3.05, 3.63) is 29.8 Å². The summed E-state index contributed by atoms with van der Waals surface area (Å²) in [6.07, 6.45) is 2.95. The fourth-order valence-corrected chi connectivity index (χ4v) is 2.24. The predicted octanol–water partition coefficient (Wildman–Crippen LogP) is 2.30. The van der Waals surface area contributed by atoms with Crippen LogP contribution in [0.1, 0.15) is 38.7 Å². The van der Waals surface area contributed by atoms with E-state index in [1.165, 1.54) is 0 Å². The summed E-state index contributed by atoms with van der Waals surface area (Å²) in [5.74, 6) is 1.27. The molecule has 1 aromatic rings. The Labute approximate surface area is 126 Å². The van der Waals surface area contributed by atoms with Crippen molar-refractivity contribution < 1.29 is 14.6 Å². The molecule has 0 aliphatic heterocycles. The van der Waals surface area contributed by atoms with Crippen LogP contribution in [0.2, 0.25) is 0 Å². The highest BCUT2D eigenvalue weighted by molar-refractivity contribution is 5.78. The first kappa shape index (κ1) is 15.8. The molecule has 21 heavy (non-hydrogen) atoms. The van der Waals surface area contributed by atoms with Gasteiger partial charge in [0.25, 0.3) is 0 Å². The van der Waals surface area contributed by atoms with Gasteiger partial charge < -0.3 is 15.2 Å². The predicted molar refractivity (Wildman–Crippen MR) is 82.3 cm³/mol. The lowest BCUT2D eigenvalue weighted by molar-refractivity contribution is -0.122. The van der Waals surface area contributed by atoms with E-state index in [1.807, 2.05) is 24.3 Å². The van der Waals surface area contributed by atoms with Crippen LogP contribution in [-0.2, 0) is 11.2 Å². The number of ether oxygens (including phenoxy) is 1. The molecule has 0 bridgehead atoms. The number of hydrogen-bond acceptors (Lipinski definition) is 3. The van der Waals surface area contributed by atoms with E-state index in [1.54, 1.807) is 0 Å². The normalized spacial score (nSPS) is 16.4. The molecule has 1 amide bonds. The van der Waals surface area contributed by atoms with Crippen molar-refractivity contribution in [2.75, 3.05) is 13.2 Å². The van der Waals surface area contributed by atoms with Crippen molar-refractivity contribution in [2.24, 2.45) is 5.92 Å². The third-order valence-corrected chi connectivity index (χ3v) is 3.77. The third-order valence-electron chi connectivity index (χ3n) is 3.77. The summed E-state index contributed by atoms with van der Waals surface area (Å²) in [7, 11) is 0. The largest absolute Gasteiger partial charge is 0.493 e. The van der Waals surface area contributed by atoms with Crippen molar-refractivity contribution in [3.8, 4) is 5.75 Å². The lowest BCUT2D eigenvalue weighted by atomic mass is 9.80. The van der Waals surface area contributed by atoms with Crippen LogP contribution in [0, 0.1) is 5.92 Å². The van der Waals surface area contributed by atoms with Crippen LogP contribution >= 0.6 is 0 Å². The Morgan fingerprint density at radius 1 is 1.33 bits per heavy atom. The molecular weight excluding hydrogens is 266 g/mol. The van der Waals surface area contributed by atoms with E-state index in [4.69, 9.17) is 4.74 Å². The Bertz CT molecular complexity index is 463. The first-order chi connectivity index (χ1) is 9.97. The van der Waals surface area contributed by atoms with Crippen LogP contribution < -0.4 is 10.1 Å². The van der Waals surface area contributed by atoms with Gasteiger partial charge in [0.1, 0.15) is 5.75 Å². The molecule has 0 unspecified atom stereocenters. The maximum absolute atomic E-state index is 11.8. The van der Waals surface area contributed by atoms with Crippen LogP contribution in [-0.4, -0.2) is 29.8 Å². The number of benzene rings is 1. The first-order valence-corrected chi connectivity index (χ1v) is 7.68. The van der Waals surface area contributed by atoms with Gasteiger partial charge in [-0.2, -0.15) is 0 Å². The average Bonchev–Trinajstić information content (AvgIpc) is 2.42. The van der Waals surface area contributed by atoms with Crippen LogP contribution in [0.3, 0.4) is 0 Å². The molecule has 0 aromatic heterocycles. The minimum atomic E-state index is -0.662. The molecule has 0 radical (unpaired) electrons. The van der Waals surface area contributed by atoms with E-state index in [0.717, 1.165) is 30.6 Å². The zero-order chi connectivity index (χ0) is 15.3. The van der Waals surface area contributed by atoms with Gasteiger partial charge in [0.05, 0.1) is 18.6 Å². The second-order valence-electron chi connectivity index (χ2n) is 6.38. The van der Waals surface area contributed by atoms with Crippen molar-refractivity contribution in [1.29, 1.82) is 0 Å². The minimum Gasteiger partial charge on any atom is -0.493 e. The number of rotatable bonds is 7. The third kappa shape index (κ3) is 5.05. The van der Waals surface area contributed by atoms with Gasteiger partial charge in [-0.15, -0.1) is 0 Å². The molecule has 4 heteroatoms. The molecule has 0 spiro atoms. The van der Waals surface area contributed by atoms with Gasteiger partial charge in [0, 0.05) is 6.54 Å². The SMILES string of the molecule is CC(C)COc1ccc(CC(=O)NCC2(O)CCC2)cc1. The number of nitrogens with one attached hydrogen (secondary N) is 1. The number of amides is 1. The number of hydrogen-bond donors (Lipinski definition) is 2. The lowest BCUT2D eigenvalue weighted by Gasteiger charge is -2.36. The quantitative estimate of drug-likeness (QED) is 0.810. The van der Waals surface area contributed by atoms with Gasteiger partial charge in [-0.3, -0.25) is 4.79 Å². The topological polar surface area (TPSA) is 58.6 Å². The van der Waals surface area contributed by atoms with Crippen molar-refractivity contribution in [1.82, 2.24) is 5.32 Å². The van der Waals surface area contributed by atoms with Crippen LogP contribution in [0.25, 0.3) is 0 Å². The van der Waals surface area contributed by atoms with Gasteiger partial charge in [0.15, 0.2) is 0 Å². The molecule has 2 N–H and O–H groups in total. The van der Waals surface area contributed by atoms with E-state index in [0.29, 0.717) is 25.5 Å². The van der Waals surface area contributed by atoms with Crippen molar-refractivity contribution in [2.45, 2.75) is 45.1 Å². The Morgan fingerprint density at radius 2 is 2.00 bits per heavy atom. The van der Waals surface area contributed by atoms with E-state index < -0.39 is 5.60 Å². The highest BCUT2D eigenvalue weighted by Gasteiger charge is 2.34. The highest BCUT2D eigenvalue weighted by atomic mass is 16.5. The van der Waals surface area contributed by atoms with Gasteiger partial charge in [-0.05, 0) is 42.9 Å². The van der Waals surface area contributed by atoms with Crippen LogP contribution in [0.4, 0.5) is 0 Å². The highest BCUT2D eigenvalue weighted by Crippen LogP contribution is 2.30. The Hall–Kier alpha value is -1.55. The summed E-state index contributed by atoms with van der Waals surface area (Å²) in [4.78, 5) is 11.8. The van der Waals surface area contributed by atoms with E-state index in [2.05, 4.69) is 19.2 Å². The standard InChI is InChI=1S/C17H25NO3/c1-13(2)11-21-15-6-4-14(5-7-15)10-16(19)18-12-17(20)8-3-9-17/h4-7,13,20H,3,8-12H2,1-2H3,(H,18,19). The van der Waals surface area contributed by atoms with Crippen molar-refractivity contribution >= 4 is 5.91 Å². The molecule has 1 fully saturated rings. The van der Waals surface area contributed by atoms with Gasteiger partial charge in [-0.1, -0.05) is 26.0 Å². The average molecular weight is 291 g/mol. The number of carbonyl (C=O) groups excluding carboxylic acids is 1. The van der Waals surface area contributed by atoms with Crippen molar-refractivity contribution in [3.63, 3.8) is 0 Å². The molecular formula is C17H25NO3. The molecule has 0 saturated heterocycles. The molecule has 1 saturated carbocycles. The fourth-order valence-electron chi connectivity index (χ4n) is 2.24. The zero-order valence-corrected chi connectivity index (χ0v) is 12.9. The summed E-state index contributed by atoms with van der Waals surface area (Å²) in [5, 5.41) is 12.7. The molecule has 0 heterocycles. The Balaban J connectivity index is 1.75. The molecule has 116 valence electrons. The minimum absolute atomic E-state index is 0.0498. The zero-order valence-electron chi connectivity index (χ0n) is 12.9. The molecule has 4 nitrogen and oxygen atoms in total. The van der Waals surface area contributed by atoms with Gasteiger partial charge >= 0.3 is 0 Å². The summed E-state index contributed by atoms with van der Waals surface area (Å²) in [6, 6.07) is 7.61. The smallest absolute Gasteiger partial charge is 0.224 e. The molecule has 1 aliphatic carbocycles.